The fourth-order valence-corrected chi connectivity index (χ4v) is 3.22. The lowest BCUT2D eigenvalue weighted by Crippen LogP contribution is -2.30. The molecule has 0 unspecified atom stereocenters. The molecule has 1 amide bonds. The van der Waals surface area contributed by atoms with E-state index in [-0.39, 0.29) is 12.3 Å². The van der Waals surface area contributed by atoms with Crippen LogP contribution in [0.1, 0.15) is 12.0 Å². The lowest BCUT2D eigenvalue weighted by atomic mass is 10.1. The quantitative estimate of drug-likeness (QED) is 0.644. The van der Waals surface area contributed by atoms with Crippen LogP contribution in [0.25, 0.3) is 0 Å². The maximum atomic E-state index is 12.4. The average Bonchev–Trinajstić information content (AvgIpc) is 2.59. The molecule has 146 valence electrons. The highest BCUT2D eigenvalue weighted by atomic mass is 35.5. The van der Waals surface area contributed by atoms with Crippen molar-refractivity contribution >= 4 is 33.2 Å². The van der Waals surface area contributed by atoms with E-state index < -0.39 is 10.0 Å². The summed E-state index contributed by atoms with van der Waals surface area (Å²) >= 11 is 5.90. The summed E-state index contributed by atoms with van der Waals surface area (Å²) in [6, 6.07) is 14.0. The lowest BCUT2D eigenvalue weighted by molar-refractivity contribution is -0.129. The van der Waals surface area contributed by atoms with Gasteiger partial charge < -0.3 is 9.64 Å². The fourth-order valence-electron chi connectivity index (χ4n) is 2.44. The minimum Gasteiger partial charge on any atom is -0.493 e. The summed E-state index contributed by atoms with van der Waals surface area (Å²) in [6.07, 6.45) is 1.86. The Morgan fingerprint density at radius 3 is 2.63 bits per heavy atom. The molecule has 0 radical (unpaired) electrons. The van der Waals surface area contributed by atoms with Gasteiger partial charge in [0.2, 0.25) is 15.9 Å². The molecule has 0 heterocycles. The highest BCUT2D eigenvalue weighted by molar-refractivity contribution is 7.92. The Balaban J connectivity index is 1.83. The SMILES string of the molecule is CN(CCCOc1cccc(Cl)c1)C(=O)Cc1ccccc1NS(C)(=O)=O. The number of likely N-dealkylation sites (N-methyl/N-ethyl adjacent to an activating group) is 1. The molecule has 1 N–H and O–H groups in total. The summed E-state index contributed by atoms with van der Waals surface area (Å²) in [6.45, 7) is 0.991. The smallest absolute Gasteiger partial charge is 0.229 e. The summed E-state index contributed by atoms with van der Waals surface area (Å²) in [5.41, 5.74) is 1.06. The van der Waals surface area contributed by atoms with E-state index in [1.54, 1.807) is 48.3 Å². The van der Waals surface area contributed by atoms with Crippen molar-refractivity contribution in [1.29, 1.82) is 0 Å². The van der Waals surface area contributed by atoms with Gasteiger partial charge in [0, 0.05) is 18.6 Å². The van der Waals surface area contributed by atoms with E-state index in [0.29, 0.717) is 41.6 Å². The number of ether oxygens (including phenoxy) is 1. The third-order valence-electron chi connectivity index (χ3n) is 3.78. The number of nitrogens with zero attached hydrogens (tertiary/aromatic N) is 1. The molecule has 0 saturated heterocycles. The highest BCUT2D eigenvalue weighted by Crippen LogP contribution is 2.18. The standard InChI is InChI=1S/C19H23ClN2O4S/c1-22(11-6-12-26-17-9-5-8-16(20)14-17)19(23)13-15-7-3-4-10-18(15)21-27(2,24)25/h3-5,7-10,14,21H,6,11-13H2,1-2H3. The second-order valence-electron chi connectivity index (χ2n) is 6.18. The van der Waals surface area contributed by atoms with Gasteiger partial charge >= 0.3 is 0 Å². The van der Waals surface area contributed by atoms with Gasteiger partial charge in [0.1, 0.15) is 5.75 Å². The van der Waals surface area contributed by atoms with Crippen LogP contribution in [-0.4, -0.2) is 45.7 Å². The molecule has 0 aromatic heterocycles. The van der Waals surface area contributed by atoms with Crippen LogP contribution in [0.15, 0.2) is 48.5 Å². The number of benzene rings is 2. The number of carbonyl (C=O) groups is 1. The largest absolute Gasteiger partial charge is 0.493 e. The van der Waals surface area contributed by atoms with Gasteiger partial charge in [0.15, 0.2) is 0 Å². The number of hydrogen-bond donors (Lipinski definition) is 1. The molecular formula is C19H23ClN2O4S. The maximum Gasteiger partial charge on any atom is 0.229 e. The third kappa shape index (κ3) is 7.48. The summed E-state index contributed by atoms with van der Waals surface area (Å²) in [5.74, 6) is 0.595. The number of halogens is 1. The van der Waals surface area contributed by atoms with E-state index in [1.165, 1.54) is 0 Å². The Morgan fingerprint density at radius 1 is 1.19 bits per heavy atom. The molecule has 0 aliphatic heterocycles. The van der Waals surface area contributed by atoms with Gasteiger partial charge in [-0.25, -0.2) is 8.42 Å². The van der Waals surface area contributed by atoms with Crippen LogP contribution in [0.5, 0.6) is 5.75 Å². The summed E-state index contributed by atoms with van der Waals surface area (Å²) in [4.78, 5) is 14.0. The van der Waals surface area contributed by atoms with Crippen molar-refractivity contribution in [3.05, 3.63) is 59.1 Å². The number of anilines is 1. The Hall–Kier alpha value is -2.25. The zero-order valence-corrected chi connectivity index (χ0v) is 16.9. The summed E-state index contributed by atoms with van der Waals surface area (Å²) in [5, 5.41) is 0.612. The molecule has 0 atom stereocenters. The highest BCUT2D eigenvalue weighted by Gasteiger charge is 2.14. The van der Waals surface area contributed by atoms with Crippen molar-refractivity contribution in [1.82, 2.24) is 4.90 Å². The van der Waals surface area contributed by atoms with E-state index in [2.05, 4.69) is 4.72 Å². The van der Waals surface area contributed by atoms with Crippen molar-refractivity contribution in [2.24, 2.45) is 0 Å². The molecule has 0 aliphatic carbocycles. The predicted octanol–water partition coefficient (Wildman–Crippen LogP) is 3.18. The minimum atomic E-state index is -3.40. The second kappa shape index (κ2) is 9.62. The lowest BCUT2D eigenvalue weighted by Gasteiger charge is -2.18. The Kier molecular flexibility index (Phi) is 7.50. The topological polar surface area (TPSA) is 75.7 Å². The first-order chi connectivity index (χ1) is 12.7. The average molecular weight is 411 g/mol. The van der Waals surface area contributed by atoms with Gasteiger partial charge in [-0.3, -0.25) is 9.52 Å². The Bertz CT molecular complexity index is 887. The van der Waals surface area contributed by atoms with Gasteiger partial charge in [-0.05, 0) is 36.2 Å². The molecule has 27 heavy (non-hydrogen) atoms. The second-order valence-corrected chi connectivity index (χ2v) is 8.37. The maximum absolute atomic E-state index is 12.4. The fraction of sp³-hybridized carbons (Fsp3) is 0.316. The molecule has 0 fully saturated rings. The van der Waals surface area contributed by atoms with Crippen molar-refractivity contribution in [3.8, 4) is 5.75 Å². The van der Waals surface area contributed by atoms with Crippen molar-refractivity contribution < 1.29 is 17.9 Å². The van der Waals surface area contributed by atoms with Crippen LogP contribution in [-0.2, 0) is 21.2 Å². The van der Waals surface area contributed by atoms with Gasteiger partial charge in [-0.2, -0.15) is 0 Å². The molecule has 0 spiro atoms. The molecule has 6 nitrogen and oxygen atoms in total. The number of rotatable bonds is 9. The first-order valence-corrected chi connectivity index (χ1v) is 10.7. The molecular weight excluding hydrogens is 388 g/mol. The molecule has 8 heteroatoms. The third-order valence-corrected chi connectivity index (χ3v) is 4.61. The van der Waals surface area contributed by atoms with Gasteiger partial charge in [-0.15, -0.1) is 0 Å². The number of amides is 1. The van der Waals surface area contributed by atoms with E-state index in [9.17, 15) is 13.2 Å². The van der Waals surface area contributed by atoms with E-state index in [1.807, 2.05) is 12.1 Å². The number of hydrogen-bond acceptors (Lipinski definition) is 4. The van der Waals surface area contributed by atoms with Crippen LogP contribution in [0.3, 0.4) is 0 Å². The predicted molar refractivity (Wildman–Crippen MR) is 108 cm³/mol. The number of nitrogens with one attached hydrogen (secondary N) is 1. The summed E-state index contributed by atoms with van der Waals surface area (Å²) in [7, 11) is -1.69. The van der Waals surface area contributed by atoms with Gasteiger partial charge in [0.05, 0.1) is 25.0 Å². The molecule has 2 rings (SSSR count). The number of carbonyl (C=O) groups excluding carboxylic acids is 1. The van der Waals surface area contributed by atoms with Crippen molar-refractivity contribution in [3.63, 3.8) is 0 Å². The van der Waals surface area contributed by atoms with Crippen LogP contribution >= 0.6 is 11.6 Å². The van der Waals surface area contributed by atoms with E-state index >= 15 is 0 Å². The minimum absolute atomic E-state index is 0.0968. The zero-order chi connectivity index (χ0) is 19.9. The van der Waals surface area contributed by atoms with Crippen LogP contribution < -0.4 is 9.46 Å². The normalized spacial score (nSPS) is 11.1. The van der Waals surface area contributed by atoms with Crippen molar-refractivity contribution in [2.45, 2.75) is 12.8 Å². The Morgan fingerprint density at radius 2 is 1.93 bits per heavy atom. The molecule has 2 aromatic carbocycles. The first-order valence-electron chi connectivity index (χ1n) is 8.42. The molecule has 0 aliphatic rings. The Labute approximate surface area is 165 Å². The first kappa shape index (κ1) is 21.1. The van der Waals surface area contributed by atoms with Gasteiger partial charge in [-0.1, -0.05) is 35.9 Å². The summed E-state index contributed by atoms with van der Waals surface area (Å²) < 4.78 is 31.0. The van der Waals surface area contributed by atoms with Crippen LogP contribution in [0.4, 0.5) is 5.69 Å². The van der Waals surface area contributed by atoms with Crippen LogP contribution in [0, 0.1) is 0 Å². The van der Waals surface area contributed by atoms with E-state index in [4.69, 9.17) is 16.3 Å². The van der Waals surface area contributed by atoms with Crippen molar-refractivity contribution in [2.75, 3.05) is 31.2 Å². The molecule has 0 bridgehead atoms. The number of sulfonamides is 1. The van der Waals surface area contributed by atoms with E-state index in [0.717, 1.165) is 6.26 Å². The zero-order valence-electron chi connectivity index (χ0n) is 15.3. The monoisotopic (exact) mass is 410 g/mol. The van der Waals surface area contributed by atoms with Gasteiger partial charge in [0.25, 0.3) is 0 Å². The molecule has 2 aromatic rings. The molecule has 0 saturated carbocycles. The van der Waals surface area contributed by atoms with Crippen LogP contribution in [0.2, 0.25) is 5.02 Å². The number of para-hydroxylation sites is 1.